The van der Waals surface area contributed by atoms with Crippen molar-refractivity contribution in [1.29, 1.82) is 0 Å². The second kappa shape index (κ2) is 8.16. The van der Waals surface area contributed by atoms with E-state index >= 15 is 0 Å². The summed E-state index contributed by atoms with van der Waals surface area (Å²) in [4.78, 5) is 35.2. The number of pyridine rings is 1. The zero-order valence-electron chi connectivity index (χ0n) is 17.8. The van der Waals surface area contributed by atoms with E-state index in [4.69, 9.17) is 4.74 Å². The molecule has 2 aromatic heterocycles. The molecule has 2 aliphatic heterocycles. The minimum Gasteiger partial charge on any atom is -0.378 e. The summed E-state index contributed by atoms with van der Waals surface area (Å²) in [7, 11) is 1.68. The number of aromatic nitrogens is 3. The van der Waals surface area contributed by atoms with Crippen LogP contribution in [0.4, 0.5) is 5.82 Å². The quantitative estimate of drug-likeness (QED) is 0.558. The number of halogens is 1. The summed E-state index contributed by atoms with van der Waals surface area (Å²) in [5.41, 5.74) is 3.49. The summed E-state index contributed by atoms with van der Waals surface area (Å²) in [6.45, 7) is 5.09. The van der Waals surface area contributed by atoms with Gasteiger partial charge in [0.25, 0.3) is 5.91 Å². The maximum atomic E-state index is 13.7. The Morgan fingerprint density at radius 1 is 1.26 bits per heavy atom. The lowest BCUT2D eigenvalue weighted by atomic mass is 9.86. The van der Waals surface area contributed by atoms with Gasteiger partial charge in [-0.15, -0.1) is 0 Å². The zero-order valence-corrected chi connectivity index (χ0v) is 20.0. The maximum absolute atomic E-state index is 13.7. The van der Waals surface area contributed by atoms with Gasteiger partial charge in [-0.3, -0.25) is 9.59 Å². The maximum Gasteiger partial charge on any atom is 0.282 e. The summed E-state index contributed by atoms with van der Waals surface area (Å²) in [5.74, 6) is 0.635. The number of carbonyl (C=O) groups excluding carboxylic acids is 2. The highest BCUT2D eigenvalue weighted by molar-refractivity contribution is 14.1. The van der Waals surface area contributed by atoms with Gasteiger partial charge in [-0.2, -0.15) is 9.78 Å². The van der Waals surface area contributed by atoms with Gasteiger partial charge in [0.15, 0.2) is 0 Å². The third-order valence-electron chi connectivity index (χ3n) is 6.77. The van der Waals surface area contributed by atoms with Gasteiger partial charge in [0.2, 0.25) is 5.91 Å². The standard InChI is InChI=1S/C22H26IN5O3/c1-13-6-7-24-20(26-8-3-9-26)18(13)22(30)28-17-10-14(4-5-16(17)19(23)25-28)21(29)27-11-15(12-27)31-2/h6-7,14-15H,3-5,8-12H2,1-2H3. The third-order valence-corrected chi connectivity index (χ3v) is 7.63. The van der Waals surface area contributed by atoms with Gasteiger partial charge in [-0.25, -0.2) is 4.98 Å². The fourth-order valence-corrected chi connectivity index (χ4v) is 5.45. The largest absolute Gasteiger partial charge is 0.378 e. The van der Waals surface area contributed by atoms with Crippen LogP contribution in [0.2, 0.25) is 0 Å². The molecule has 0 N–H and O–H groups in total. The second-order valence-corrected chi connectivity index (χ2v) is 9.66. The molecule has 1 aliphatic carbocycles. The van der Waals surface area contributed by atoms with E-state index in [1.165, 1.54) is 4.68 Å². The number of hydrogen-bond donors (Lipinski definition) is 0. The summed E-state index contributed by atoms with van der Waals surface area (Å²) < 4.78 is 7.69. The van der Waals surface area contributed by atoms with Gasteiger partial charge in [-0.05, 0) is 60.4 Å². The number of hydrogen-bond acceptors (Lipinski definition) is 6. The van der Waals surface area contributed by atoms with E-state index in [0.29, 0.717) is 25.1 Å². The van der Waals surface area contributed by atoms with Crippen molar-refractivity contribution in [2.24, 2.45) is 5.92 Å². The lowest BCUT2D eigenvalue weighted by Crippen LogP contribution is -2.56. The number of anilines is 1. The van der Waals surface area contributed by atoms with Crippen molar-refractivity contribution in [3.8, 4) is 0 Å². The Kier molecular flexibility index (Phi) is 5.49. The summed E-state index contributed by atoms with van der Waals surface area (Å²) in [5, 5.41) is 4.61. The van der Waals surface area contributed by atoms with E-state index in [1.54, 1.807) is 13.3 Å². The van der Waals surface area contributed by atoms with Crippen LogP contribution in [0.5, 0.6) is 0 Å². The monoisotopic (exact) mass is 535 g/mol. The van der Waals surface area contributed by atoms with Crippen molar-refractivity contribution in [1.82, 2.24) is 19.7 Å². The molecule has 3 aliphatic rings. The molecule has 164 valence electrons. The van der Waals surface area contributed by atoms with Crippen LogP contribution in [0.25, 0.3) is 0 Å². The van der Waals surface area contributed by atoms with Crippen LogP contribution in [0, 0.1) is 16.5 Å². The molecule has 4 heterocycles. The molecule has 0 radical (unpaired) electrons. The highest BCUT2D eigenvalue weighted by atomic mass is 127. The fraction of sp³-hybridized carbons (Fsp3) is 0.545. The molecule has 31 heavy (non-hydrogen) atoms. The molecule has 9 heteroatoms. The van der Waals surface area contributed by atoms with Crippen LogP contribution in [-0.2, 0) is 22.4 Å². The summed E-state index contributed by atoms with van der Waals surface area (Å²) in [6, 6.07) is 1.87. The smallest absolute Gasteiger partial charge is 0.282 e. The van der Waals surface area contributed by atoms with Crippen molar-refractivity contribution in [3.05, 3.63) is 38.3 Å². The van der Waals surface area contributed by atoms with Gasteiger partial charge in [0.05, 0.1) is 17.4 Å². The molecule has 1 unspecified atom stereocenters. The lowest BCUT2D eigenvalue weighted by molar-refractivity contribution is -0.147. The topological polar surface area (TPSA) is 80.6 Å². The fourth-order valence-electron chi connectivity index (χ4n) is 4.65. The predicted octanol–water partition coefficient (Wildman–Crippen LogP) is 2.05. The van der Waals surface area contributed by atoms with E-state index in [2.05, 4.69) is 37.6 Å². The first-order valence-corrected chi connectivity index (χ1v) is 11.9. The summed E-state index contributed by atoms with van der Waals surface area (Å²) in [6.07, 6.45) is 5.12. The number of ether oxygens (including phenoxy) is 1. The SMILES string of the molecule is COC1CN(C(=O)C2CCc3c(I)nn(C(=O)c4c(C)ccnc4N4CCC4)c3C2)C1. The normalized spacial score (nSPS) is 20.8. The van der Waals surface area contributed by atoms with Gasteiger partial charge in [0.1, 0.15) is 9.52 Å². The Bertz CT molecular complexity index is 1040. The second-order valence-electron chi connectivity index (χ2n) is 8.64. The minimum atomic E-state index is -0.150. The molecular weight excluding hydrogens is 509 g/mol. The van der Waals surface area contributed by atoms with Gasteiger partial charge in [0, 0.05) is 57.4 Å². The molecule has 5 rings (SSSR count). The number of methoxy groups -OCH3 is 1. The van der Waals surface area contributed by atoms with E-state index < -0.39 is 0 Å². The zero-order chi connectivity index (χ0) is 21.7. The highest BCUT2D eigenvalue weighted by Crippen LogP contribution is 2.33. The van der Waals surface area contributed by atoms with Crippen molar-refractivity contribution >= 4 is 40.2 Å². The number of amides is 1. The third kappa shape index (κ3) is 3.55. The Balaban J connectivity index is 1.44. The first kappa shape index (κ1) is 20.9. The first-order chi connectivity index (χ1) is 15.0. The number of likely N-dealkylation sites (tertiary alicyclic amines) is 1. The molecule has 8 nitrogen and oxygen atoms in total. The molecule has 2 fully saturated rings. The molecule has 1 atom stereocenters. The number of rotatable bonds is 4. The van der Waals surface area contributed by atoms with Crippen LogP contribution in [-0.4, -0.2) is 70.9 Å². The van der Waals surface area contributed by atoms with Crippen LogP contribution in [0.15, 0.2) is 12.3 Å². The van der Waals surface area contributed by atoms with Crippen LogP contribution < -0.4 is 4.90 Å². The van der Waals surface area contributed by atoms with E-state index in [-0.39, 0.29) is 23.8 Å². The van der Waals surface area contributed by atoms with Crippen molar-refractivity contribution < 1.29 is 14.3 Å². The Morgan fingerprint density at radius 3 is 2.71 bits per heavy atom. The van der Waals surface area contributed by atoms with Gasteiger partial charge < -0.3 is 14.5 Å². The van der Waals surface area contributed by atoms with Crippen molar-refractivity contribution in [2.75, 3.05) is 38.2 Å². The molecule has 0 spiro atoms. The lowest BCUT2D eigenvalue weighted by Gasteiger charge is -2.40. The molecule has 0 saturated carbocycles. The van der Waals surface area contributed by atoms with E-state index in [0.717, 1.165) is 58.7 Å². The van der Waals surface area contributed by atoms with Crippen LogP contribution in [0.1, 0.15) is 40.0 Å². The number of carbonyl (C=O) groups is 2. The average Bonchev–Trinajstić information content (AvgIpc) is 3.01. The molecule has 2 aromatic rings. The number of fused-ring (bicyclic) bond motifs is 1. The van der Waals surface area contributed by atoms with Gasteiger partial charge in [-0.1, -0.05) is 0 Å². The minimum absolute atomic E-state index is 0.116. The summed E-state index contributed by atoms with van der Waals surface area (Å²) >= 11 is 2.21. The number of nitrogens with zero attached hydrogens (tertiary/aromatic N) is 5. The van der Waals surface area contributed by atoms with E-state index in [1.807, 2.05) is 17.9 Å². The predicted molar refractivity (Wildman–Crippen MR) is 123 cm³/mol. The Labute approximate surface area is 195 Å². The van der Waals surface area contributed by atoms with Crippen molar-refractivity contribution in [2.45, 2.75) is 38.7 Å². The Hall–Kier alpha value is -2.01. The molecule has 0 bridgehead atoms. The first-order valence-electron chi connectivity index (χ1n) is 10.8. The van der Waals surface area contributed by atoms with Gasteiger partial charge >= 0.3 is 0 Å². The molecule has 1 amide bonds. The Morgan fingerprint density at radius 2 is 2.03 bits per heavy atom. The van der Waals surface area contributed by atoms with Crippen LogP contribution in [0.3, 0.4) is 0 Å². The highest BCUT2D eigenvalue weighted by Gasteiger charge is 2.38. The molecule has 2 saturated heterocycles. The molecular formula is C22H26IN5O3. The molecule has 0 aromatic carbocycles. The van der Waals surface area contributed by atoms with E-state index in [9.17, 15) is 9.59 Å². The van der Waals surface area contributed by atoms with Crippen LogP contribution >= 0.6 is 22.6 Å². The number of aryl methyl sites for hydroxylation is 1. The van der Waals surface area contributed by atoms with Crippen molar-refractivity contribution in [3.63, 3.8) is 0 Å². The average molecular weight is 535 g/mol.